The summed E-state index contributed by atoms with van der Waals surface area (Å²) in [6.45, 7) is 2.26. The number of nitrogens with one attached hydrogen (secondary N) is 1. The third-order valence-electron chi connectivity index (χ3n) is 2.78. The summed E-state index contributed by atoms with van der Waals surface area (Å²) in [6.07, 6.45) is 1.13. The fraction of sp³-hybridized carbons (Fsp3) is 0.800. The molecule has 2 atom stereocenters. The van der Waals surface area contributed by atoms with Crippen LogP contribution in [0.1, 0.15) is 26.2 Å². The fourth-order valence-electron chi connectivity index (χ4n) is 1.59. The molecule has 92 valence electrons. The van der Waals surface area contributed by atoms with E-state index >= 15 is 0 Å². The summed E-state index contributed by atoms with van der Waals surface area (Å²) in [6, 6.07) is -0.229. The van der Waals surface area contributed by atoms with Crippen molar-refractivity contribution in [2.24, 2.45) is 5.73 Å². The summed E-state index contributed by atoms with van der Waals surface area (Å²) in [5.41, 5.74) is 4.37. The monoisotopic (exact) mass is 230 g/mol. The first-order valence-electron chi connectivity index (χ1n) is 5.38. The molecule has 16 heavy (non-hydrogen) atoms. The summed E-state index contributed by atoms with van der Waals surface area (Å²) in [5, 5.41) is 11.6. The molecule has 0 aliphatic carbocycles. The van der Waals surface area contributed by atoms with Crippen LogP contribution in [-0.2, 0) is 14.3 Å². The summed E-state index contributed by atoms with van der Waals surface area (Å²) >= 11 is 0. The van der Waals surface area contributed by atoms with Crippen molar-refractivity contribution in [2.75, 3.05) is 13.2 Å². The van der Waals surface area contributed by atoms with Crippen LogP contribution in [0.2, 0.25) is 0 Å². The minimum absolute atomic E-state index is 0.0233. The maximum absolute atomic E-state index is 11.6. The zero-order chi connectivity index (χ0) is 12.2. The Labute approximate surface area is 94.1 Å². The lowest BCUT2D eigenvalue weighted by Crippen LogP contribution is -2.55. The Morgan fingerprint density at radius 1 is 1.62 bits per heavy atom. The molecule has 1 aliphatic rings. The third kappa shape index (κ3) is 2.93. The topological polar surface area (TPSA) is 102 Å². The Hall–Kier alpha value is -1.14. The molecule has 1 saturated heterocycles. The Bertz CT molecular complexity index is 274. The summed E-state index contributed by atoms with van der Waals surface area (Å²) in [5.74, 6) is -1.38. The summed E-state index contributed by atoms with van der Waals surface area (Å²) < 4.78 is 5.03. The van der Waals surface area contributed by atoms with Gasteiger partial charge in [0, 0.05) is 25.5 Å². The van der Waals surface area contributed by atoms with E-state index < -0.39 is 11.5 Å². The summed E-state index contributed by atoms with van der Waals surface area (Å²) in [7, 11) is 0. The number of aliphatic carboxylic acids is 1. The molecular weight excluding hydrogens is 212 g/mol. The molecule has 0 spiro atoms. The van der Waals surface area contributed by atoms with Gasteiger partial charge in [0.2, 0.25) is 5.91 Å². The molecule has 0 aromatic rings. The van der Waals surface area contributed by atoms with Crippen molar-refractivity contribution in [3.63, 3.8) is 0 Å². The fourth-order valence-corrected chi connectivity index (χ4v) is 1.59. The van der Waals surface area contributed by atoms with Gasteiger partial charge in [-0.2, -0.15) is 0 Å². The minimum Gasteiger partial charge on any atom is -0.479 e. The number of amides is 1. The number of ether oxygens (including phenoxy) is 1. The molecule has 4 N–H and O–H groups in total. The maximum Gasteiger partial charge on any atom is 0.331 e. The SMILES string of the molecule is CCC(N)CC(=O)NC1(C(=O)O)CCOC1. The Balaban J connectivity index is 2.56. The zero-order valence-electron chi connectivity index (χ0n) is 9.36. The number of nitrogens with two attached hydrogens (primary N) is 1. The van der Waals surface area contributed by atoms with Crippen LogP contribution in [0, 0.1) is 0 Å². The molecule has 2 unspecified atom stereocenters. The van der Waals surface area contributed by atoms with Crippen molar-refractivity contribution in [3.8, 4) is 0 Å². The molecule has 1 amide bonds. The van der Waals surface area contributed by atoms with Crippen molar-refractivity contribution in [3.05, 3.63) is 0 Å². The van der Waals surface area contributed by atoms with E-state index in [1.54, 1.807) is 0 Å². The standard InChI is InChI=1S/C10H18N2O4/c1-2-7(11)5-8(13)12-10(9(14)15)3-4-16-6-10/h7H,2-6,11H2,1H3,(H,12,13)(H,14,15). The van der Waals surface area contributed by atoms with Crippen LogP contribution in [0.4, 0.5) is 0 Å². The lowest BCUT2D eigenvalue weighted by molar-refractivity contribution is -0.147. The van der Waals surface area contributed by atoms with Crippen molar-refractivity contribution in [1.82, 2.24) is 5.32 Å². The van der Waals surface area contributed by atoms with Gasteiger partial charge in [0.25, 0.3) is 0 Å². The first-order valence-corrected chi connectivity index (χ1v) is 5.38. The highest BCUT2D eigenvalue weighted by molar-refractivity contribution is 5.87. The lowest BCUT2D eigenvalue weighted by atomic mass is 9.98. The molecule has 1 fully saturated rings. The number of hydrogen-bond donors (Lipinski definition) is 3. The average Bonchev–Trinajstić information content (AvgIpc) is 2.67. The second-order valence-electron chi connectivity index (χ2n) is 4.11. The van der Waals surface area contributed by atoms with Crippen molar-refractivity contribution in [1.29, 1.82) is 0 Å². The summed E-state index contributed by atoms with van der Waals surface area (Å²) in [4.78, 5) is 22.7. The first kappa shape index (κ1) is 12.9. The third-order valence-corrected chi connectivity index (χ3v) is 2.78. The molecule has 0 aromatic heterocycles. The van der Waals surface area contributed by atoms with Crippen LogP contribution in [0.25, 0.3) is 0 Å². The van der Waals surface area contributed by atoms with Gasteiger partial charge in [-0.15, -0.1) is 0 Å². The van der Waals surface area contributed by atoms with Crippen molar-refractivity contribution in [2.45, 2.75) is 37.8 Å². The van der Waals surface area contributed by atoms with E-state index in [4.69, 9.17) is 15.6 Å². The second kappa shape index (κ2) is 5.27. The van der Waals surface area contributed by atoms with Crippen LogP contribution in [0.3, 0.4) is 0 Å². The van der Waals surface area contributed by atoms with E-state index in [2.05, 4.69) is 5.32 Å². The Morgan fingerprint density at radius 3 is 2.75 bits per heavy atom. The normalized spacial score (nSPS) is 26.4. The second-order valence-corrected chi connectivity index (χ2v) is 4.11. The van der Waals surface area contributed by atoms with Gasteiger partial charge in [0.15, 0.2) is 5.54 Å². The van der Waals surface area contributed by atoms with Gasteiger partial charge in [0.05, 0.1) is 6.61 Å². The molecule has 1 aliphatic heterocycles. The van der Waals surface area contributed by atoms with Crippen LogP contribution >= 0.6 is 0 Å². The lowest BCUT2D eigenvalue weighted by Gasteiger charge is -2.24. The van der Waals surface area contributed by atoms with Crippen LogP contribution in [0.15, 0.2) is 0 Å². The highest BCUT2D eigenvalue weighted by Crippen LogP contribution is 2.19. The van der Waals surface area contributed by atoms with Crippen molar-refractivity contribution >= 4 is 11.9 Å². The van der Waals surface area contributed by atoms with E-state index in [0.29, 0.717) is 19.4 Å². The molecular formula is C10H18N2O4. The molecule has 0 radical (unpaired) electrons. The highest BCUT2D eigenvalue weighted by atomic mass is 16.5. The molecule has 0 saturated carbocycles. The van der Waals surface area contributed by atoms with E-state index in [-0.39, 0.29) is 25.0 Å². The number of carbonyl (C=O) groups is 2. The smallest absolute Gasteiger partial charge is 0.331 e. The predicted molar refractivity (Wildman–Crippen MR) is 56.8 cm³/mol. The number of rotatable bonds is 5. The van der Waals surface area contributed by atoms with Crippen LogP contribution in [0.5, 0.6) is 0 Å². The average molecular weight is 230 g/mol. The van der Waals surface area contributed by atoms with Gasteiger partial charge in [-0.1, -0.05) is 6.92 Å². The van der Waals surface area contributed by atoms with Gasteiger partial charge < -0.3 is 20.9 Å². The molecule has 1 rings (SSSR count). The van der Waals surface area contributed by atoms with E-state index in [9.17, 15) is 9.59 Å². The molecule has 6 heteroatoms. The van der Waals surface area contributed by atoms with Gasteiger partial charge in [0.1, 0.15) is 0 Å². The van der Waals surface area contributed by atoms with Gasteiger partial charge in [-0.05, 0) is 6.42 Å². The maximum atomic E-state index is 11.6. The number of carboxylic acids is 1. The zero-order valence-corrected chi connectivity index (χ0v) is 9.36. The number of carbonyl (C=O) groups excluding carboxylic acids is 1. The molecule has 6 nitrogen and oxygen atoms in total. The van der Waals surface area contributed by atoms with E-state index in [1.807, 2.05) is 6.92 Å². The minimum atomic E-state index is -1.26. The first-order chi connectivity index (χ1) is 7.50. The molecule has 1 heterocycles. The van der Waals surface area contributed by atoms with E-state index in [1.165, 1.54) is 0 Å². The largest absolute Gasteiger partial charge is 0.479 e. The Morgan fingerprint density at radius 2 is 2.31 bits per heavy atom. The number of carboxylic acid groups (broad SMARTS) is 1. The van der Waals surface area contributed by atoms with Crippen molar-refractivity contribution < 1.29 is 19.4 Å². The highest BCUT2D eigenvalue weighted by Gasteiger charge is 2.43. The quantitative estimate of drug-likeness (QED) is 0.589. The van der Waals surface area contributed by atoms with Crippen LogP contribution < -0.4 is 11.1 Å². The van der Waals surface area contributed by atoms with Gasteiger partial charge >= 0.3 is 5.97 Å². The van der Waals surface area contributed by atoms with Crippen LogP contribution in [-0.4, -0.2) is 41.8 Å². The predicted octanol–water partition coefficient (Wildman–Crippen LogP) is -0.526. The number of hydrogen-bond acceptors (Lipinski definition) is 4. The van der Waals surface area contributed by atoms with Gasteiger partial charge in [-0.25, -0.2) is 4.79 Å². The van der Waals surface area contributed by atoms with E-state index in [0.717, 1.165) is 0 Å². The van der Waals surface area contributed by atoms with Gasteiger partial charge in [-0.3, -0.25) is 4.79 Å². The molecule has 0 aromatic carbocycles. The molecule has 0 bridgehead atoms. The Kier molecular flexibility index (Phi) is 4.26.